The second kappa shape index (κ2) is 5.00. The van der Waals surface area contributed by atoms with Crippen molar-refractivity contribution in [3.63, 3.8) is 0 Å². The lowest BCUT2D eigenvalue weighted by atomic mass is 9.98. The van der Waals surface area contributed by atoms with Crippen LogP contribution in [0.4, 0.5) is 0 Å². The molecule has 1 aromatic carbocycles. The Morgan fingerprint density at radius 1 is 1.07 bits per heavy atom. The maximum Gasteiger partial charge on any atom is 0.0323 e. The standard InChI is InChI=1S/C13H19N.ClH/c1-9(2)10-3-5-11(6-4-10)13(14)12-7-8-12;/h3-6,9,12-13H,7-8,14H2,1-2H3;1H/t13-;/m0./s1. The van der Waals surface area contributed by atoms with Crippen LogP contribution in [0.25, 0.3) is 0 Å². The summed E-state index contributed by atoms with van der Waals surface area (Å²) in [5, 5.41) is 0. The van der Waals surface area contributed by atoms with Gasteiger partial charge in [0, 0.05) is 6.04 Å². The molecule has 2 heteroatoms. The quantitative estimate of drug-likeness (QED) is 0.835. The predicted molar refractivity (Wildman–Crippen MR) is 67.4 cm³/mol. The van der Waals surface area contributed by atoms with Crippen LogP contribution in [0.3, 0.4) is 0 Å². The van der Waals surface area contributed by atoms with Crippen molar-refractivity contribution < 1.29 is 0 Å². The fraction of sp³-hybridized carbons (Fsp3) is 0.538. The van der Waals surface area contributed by atoms with Gasteiger partial charge in [0.15, 0.2) is 0 Å². The molecule has 84 valence electrons. The van der Waals surface area contributed by atoms with Crippen LogP contribution >= 0.6 is 12.4 Å². The molecule has 1 aliphatic carbocycles. The molecule has 0 aromatic heterocycles. The van der Waals surface area contributed by atoms with E-state index in [1.807, 2.05) is 0 Å². The SMILES string of the molecule is CC(C)c1ccc([C@H](N)C2CC2)cc1.Cl. The van der Waals surface area contributed by atoms with Gasteiger partial charge in [-0.25, -0.2) is 0 Å². The highest BCUT2D eigenvalue weighted by Crippen LogP contribution is 2.39. The molecule has 1 nitrogen and oxygen atoms in total. The van der Waals surface area contributed by atoms with Crippen LogP contribution in [-0.2, 0) is 0 Å². The summed E-state index contributed by atoms with van der Waals surface area (Å²) in [6.07, 6.45) is 2.63. The highest BCUT2D eigenvalue weighted by atomic mass is 35.5. The Morgan fingerprint density at radius 3 is 1.93 bits per heavy atom. The average molecular weight is 226 g/mol. The third-order valence-corrected chi connectivity index (χ3v) is 3.12. The first-order valence-electron chi connectivity index (χ1n) is 5.54. The predicted octanol–water partition coefficient (Wildman–Crippen LogP) is 3.64. The molecule has 1 fully saturated rings. The van der Waals surface area contributed by atoms with E-state index in [9.17, 15) is 0 Å². The molecule has 2 rings (SSSR count). The lowest BCUT2D eigenvalue weighted by molar-refractivity contribution is 0.633. The Bertz CT molecular complexity index is 301. The monoisotopic (exact) mass is 225 g/mol. The first-order chi connectivity index (χ1) is 6.68. The zero-order valence-corrected chi connectivity index (χ0v) is 10.3. The van der Waals surface area contributed by atoms with Crippen molar-refractivity contribution in [2.45, 2.75) is 38.6 Å². The van der Waals surface area contributed by atoms with Gasteiger partial charge in [0.1, 0.15) is 0 Å². The normalized spacial score (nSPS) is 17.3. The number of hydrogen-bond donors (Lipinski definition) is 1. The lowest BCUT2D eigenvalue weighted by Crippen LogP contribution is -2.12. The summed E-state index contributed by atoms with van der Waals surface area (Å²) >= 11 is 0. The van der Waals surface area contributed by atoms with E-state index in [1.54, 1.807) is 0 Å². The molecule has 0 unspecified atom stereocenters. The number of halogens is 1. The summed E-state index contributed by atoms with van der Waals surface area (Å²) < 4.78 is 0. The van der Waals surface area contributed by atoms with Gasteiger partial charge in [0.05, 0.1) is 0 Å². The molecular weight excluding hydrogens is 206 g/mol. The molecule has 1 aromatic rings. The Kier molecular flexibility index (Phi) is 4.18. The zero-order valence-electron chi connectivity index (χ0n) is 9.44. The van der Waals surface area contributed by atoms with Gasteiger partial charge >= 0.3 is 0 Å². The molecule has 0 heterocycles. The highest BCUT2D eigenvalue weighted by molar-refractivity contribution is 5.85. The molecule has 1 aliphatic rings. The number of hydrogen-bond acceptors (Lipinski definition) is 1. The van der Waals surface area contributed by atoms with E-state index in [1.165, 1.54) is 24.0 Å². The van der Waals surface area contributed by atoms with Crippen molar-refractivity contribution in [2.24, 2.45) is 11.7 Å². The maximum absolute atomic E-state index is 6.13. The van der Waals surface area contributed by atoms with Crippen molar-refractivity contribution in [2.75, 3.05) is 0 Å². The number of rotatable bonds is 3. The third kappa shape index (κ3) is 2.96. The summed E-state index contributed by atoms with van der Waals surface area (Å²) in [5.74, 6) is 1.36. The van der Waals surface area contributed by atoms with Crippen molar-refractivity contribution >= 4 is 12.4 Å². The molecular formula is C13H20ClN. The first-order valence-corrected chi connectivity index (χ1v) is 5.54. The molecule has 0 bridgehead atoms. The second-order valence-electron chi connectivity index (χ2n) is 4.68. The van der Waals surface area contributed by atoms with Gasteiger partial charge < -0.3 is 5.73 Å². The largest absolute Gasteiger partial charge is 0.324 e. The zero-order chi connectivity index (χ0) is 10.1. The highest BCUT2D eigenvalue weighted by Gasteiger charge is 2.29. The van der Waals surface area contributed by atoms with Gasteiger partial charge in [-0.3, -0.25) is 0 Å². The van der Waals surface area contributed by atoms with Gasteiger partial charge in [0.25, 0.3) is 0 Å². The van der Waals surface area contributed by atoms with Crippen LogP contribution in [0.15, 0.2) is 24.3 Å². The van der Waals surface area contributed by atoms with Crippen LogP contribution in [0.2, 0.25) is 0 Å². The minimum absolute atomic E-state index is 0. The topological polar surface area (TPSA) is 26.0 Å². The molecule has 15 heavy (non-hydrogen) atoms. The van der Waals surface area contributed by atoms with Crippen molar-refractivity contribution in [1.29, 1.82) is 0 Å². The fourth-order valence-electron chi connectivity index (χ4n) is 1.83. The van der Waals surface area contributed by atoms with Crippen LogP contribution in [0.1, 0.15) is 49.8 Å². The molecule has 0 radical (unpaired) electrons. The lowest BCUT2D eigenvalue weighted by Gasteiger charge is -2.12. The number of benzene rings is 1. The van der Waals surface area contributed by atoms with Crippen molar-refractivity contribution in [3.05, 3.63) is 35.4 Å². The Morgan fingerprint density at radius 2 is 1.53 bits per heavy atom. The molecule has 0 saturated heterocycles. The summed E-state index contributed by atoms with van der Waals surface area (Å²) in [6.45, 7) is 4.44. The van der Waals surface area contributed by atoms with Gasteiger partial charge in [-0.2, -0.15) is 0 Å². The van der Waals surface area contributed by atoms with Crippen LogP contribution < -0.4 is 5.73 Å². The van der Waals surface area contributed by atoms with E-state index in [0.29, 0.717) is 5.92 Å². The van der Waals surface area contributed by atoms with Crippen molar-refractivity contribution in [3.8, 4) is 0 Å². The third-order valence-electron chi connectivity index (χ3n) is 3.12. The molecule has 1 atom stereocenters. The second-order valence-corrected chi connectivity index (χ2v) is 4.68. The number of nitrogens with two attached hydrogens (primary N) is 1. The molecule has 0 spiro atoms. The molecule has 0 amide bonds. The minimum atomic E-state index is 0. The molecule has 2 N–H and O–H groups in total. The minimum Gasteiger partial charge on any atom is -0.324 e. The molecule has 0 aliphatic heterocycles. The van der Waals surface area contributed by atoms with Crippen LogP contribution in [-0.4, -0.2) is 0 Å². The van der Waals surface area contributed by atoms with Gasteiger partial charge in [0.2, 0.25) is 0 Å². The van der Waals surface area contributed by atoms with E-state index >= 15 is 0 Å². The maximum atomic E-state index is 6.13. The van der Waals surface area contributed by atoms with Gasteiger partial charge in [-0.15, -0.1) is 12.4 Å². The van der Waals surface area contributed by atoms with E-state index < -0.39 is 0 Å². The van der Waals surface area contributed by atoms with E-state index in [-0.39, 0.29) is 18.4 Å². The average Bonchev–Trinajstić information content (AvgIpc) is 3.00. The Balaban J connectivity index is 0.00000112. The summed E-state index contributed by atoms with van der Waals surface area (Å²) in [5.41, 5.74) is 8.83. The summed E-state index contributed by atoms with van der Waals surface area (Å²) in [4.78, 5) is 0. The van der Waals surface area contributed by atoms with E-state index in [2.05, 4.69) is 38.1 Å². The van der Waals surface area contributed by atoms with E-state index in [0.717, 1.165) is 5.92 Å². The molecule has 1 saturated carbocycles. The van der Waals surface area contributed by atoms with E-state index in [4.69, 9.17) is 5.73 Å². The van der Waals surface area contributed by atoms with Crippen molar-refractivity contribution in [1.82, 2.24) is 0 Å². The van der Waals surface area contributed by atoms with Crippen LogP contribution in [0, 0.1) is 5.92 Å². The fourth-order valence-corrected chi connectivity index (χ4v) is 1.83. The summed E-state index contributed by atoms with van der Waals surface area (Å²) in [6, 6.07) is 9.08. The van der Waals surface area contributed by atoms with Gasteiger partial charge in [-0.05, 0) is 35.8 Å². The van der Waals surface area contributed by atoms with Crippen LogP contribution in [0.5, 0.6) is 0 Å². The Labute approximate surface area is 98.5 Å². The van der Waals surface area contributed by atoms with Gasteiger partial charge in [-0.1, -0.05) is 38.1 Å². The Hall–Kier alpha value is -0.530. The first kappa shape index (κ1) is 12.5. The summed E-state index contributed by atoms with van der Waals surface area (Å²) in [7, 11) is 0. The smallest absolute Gasteiger partial charge is 0.0323 e.